The molecule has 15 heavy (non-hydrogen) atoms. The summed E-state index contributed by atoms with van der Waals surface area (Å²) in [5.74, 6) is 0.830. The number of aliphatic hydroxyl groups is 1. The van der Waals surface area contributed by atoms with Gasteiger partial charge in [-0.25, -0.2) is 0 Å². The van der Waals surface area contributed by atoms with Gasteiger partial charge in [-0.15, -0.1) is 0 Å². The molecule has 0 aromatic heterocycles. The fourth-order valence-electron chi connectivity index (χ4n) is 2.43. The molecule has 0 aliphatic heterocycles. The summed E-state index contributed by atoms with van der Waals surface area (Å²) in [6, 6.07) is 0.560. The highest BCUT2D eigenvalue weighted by molar-refractivity contribution is 4.78. The highest BCUT2D eigenvalue weighted by Crippen LogP contribution is 2.27. The maximum Gasteiger partial charge on any atom is 0.0791 e. The number of rotatable bonds is 6. The van der Waals surface area contributed by atoms with E-state index in [1.54, 1.807) is 0 Å². The maximum atomic E-state index is 9.71. The zero-order valence-electron chi connectivity index (χ0n) is 10.4. The molecule has 1 fully saturated rings. The third kappa shape index (κ3) is 4.96. The molecule has 0 amide bonds. The van der Waals surface area contributed by atoms with Crippen LogP contribution in [0, 0.1) is 5.92 Å². The van der Waals surface area contributed by atoms with Gasteiger partial charge in [-0.05, 0) is 39.8 Å². The van der Waals surface area contributed by atoms with Crippen LogP contribution >= 0.6 is 0 Å². The Balaban J connectivity index is 2.12. The number of hydrogen-bond donors (Lipinski definition) is 2. The van der Waals surface area contributed by atoms with Crippen molar-refractivity contribution in [3.63, 3.8) is 0 Å². The van der Waals surface area contributed by atoms with E-state index < -0.39 is 0 Å². The van der Waals surface area contributed by atoms with Crippen LogP contribution in [0.5, 0.6) is 0 Å². The molecule has 2 atom stereocenters. The molecule has 0 bridgehead atoms. The number of hydrogen-bond acceptors (Lipinski definition) is 3. The van der Waals surface area contributed by atoms with Crippen molar-refractivity contribution >= 4 is 0 Å². The summed E-state index contributed by atoms with van der Waals surface area (Å²) in [7, 11) is 3.98. The molecule has 1 saturated carbocycles. The topological polar surface area (TPSA) is 35.5 Å². The number of nitrogens with one attached hydrogen (secondary N) is 1. The third-order valence-electron chi connectivity index (χ3n) is 3.36. The highest BCUT2D eigenvalue weighted by Gasteiger charge is 2.21. The fraction of sp³-hybridized carbons (Fsp3) is 1.00. The van der Waals surface area contributed by atoms with Crippen molar-refractivity contribution in [3.8, 4) is 0 Å². The molecule has 90 valence electrons. The summed E-state index contributed by atoms with van der Waals surface area (Å²) in [5, 5.41) is 13.2. The van der Waals surface area contributed by atoms with Crippen LogP contribution in [-0.2, 0) is 0 Å². The first-order valence-electron chi connectivity index (χ1n) is 6.15. The van der Waals surface area contributed by atoms with Crippen molar-refractivity contribution in [3.05, 3.63) is 0 Å². The van der Waals surface area contributed by atoms with Crippen molar-refractivity contribution in [2.45, 2.75) is 44.8 Å². The molecule has 2 N–H and O–H groups in total. The van der Waals surface area contributed by atoms with Crippen LogP contribution in [0.25, 0.3) is 0 Å². The van der Waals surface area contributed by atoms with Gasteiger partial charge < -0.3 is 15.3 Å². The molecule has 3 nitrogen and oxygen atoms in total. The van der Waals surface area contributed by atoms with Crippen LogP contribution in [-0.4, -0.2) is 49.3 Å². The average molecular weight is 214 g/mol. The summed E-state index contributed by atoms with van der Waals surface area (Å²) >= 11 is 0. The lowest BCUT2D eigenvalue weighted by Crippen LogP contribution is -2.41. The second-order valence-electron chi connectivity index (χ2n) is 5.16. The molecule has 0 aromatic rings. The maximum absolute atomic E-state index is 9.71. The second kappa shape index (κ2) is 6.46. The number of likely N-dealkylation sites (N-methyl/N-ethyl adjacent to an activating group) is 1. The Labute approximate surface area is 93.9 Å². The molecular formula is C12H26N2O. The van der Waals surface area contributed by atoms with E-state index in [9.17, 15) is 5.11 Å². The molecular weight excluding hydrogens is 188 g/mol. The first-order chi connectivity index (χ1) is 7.09. The van der Waals surface area contributed by atoms with Crippen LogP contribution in [0.15, 0.2) is 0 Å². The lowest BCUT2D eigenvalue weighted by Gasteiger charge is -2.23. The lowest BCUT2D eigenvalue weighted by molar-refractivity contribution is 0.129. The van der Waals surface area contributed by atoms with Gasteiger partial charge in [-0.3, -0.25) is 0 Å². The molecule has 0 spiro atoms. The van der Waals surface area contributed by atoms with Gasteiger partial charge >= 0.3 is 0 Å². The van der Waals surface area contributed by atoms with E-state index in [2.05, 4.69) is 12.2 Å². The quantitative estimate of drug-likeness (QED) is 0.694. The van der Waals surface area contributed by atoms with Crippen molar-refractivity contribution in [1.29, 1.82) is 0 Å². The minimum absolute atomic E-state index is 0.246. The Kier molecular flexibility index (Phi) is 5.58. The third-order valence-corrected chi connectivity index (χ3v) is 3.36. The molecule has 0 radical (unpaired) electrons. The first-order valence-corrected chi connectivity index (χ1v) is 6.15. The monoisotopic (exact) mass is 214 g/mol. The number of nitrogens with zero attached hydrogens (tertiary/aromatic N) is 1. The van der Waals surface area contributed by atoms with Gasteiger partial charge in [-0.2, -0.15) is 0 Å². The number of aliphatic hydroxyl groups excluding tert-OH is 1. The van der Waals surface area contributed by atoms with E-state index in [1.807, 2.05) is 19.0 Å². The average Bonchev–Trinajstić information content (AvgIpc) is 2.65. The van der Waals surface area contributed by atoms with Crippen molar-refractivity contribution in [1.82, 2.24) is 10.2 Å². The minimum Gasteiger partial charge on any atom is -0.390 e. The standard InChI is InChI=1S/C12H26N2O/c1-10(11-6-4-5-7-11)13-8-12(15)9-14(2)3/h10-13,15H,4-9H2,1-3H3/t10-,12?/m0/s1. The predicted octanol–water partition coefficient (Wildman–Crippen LogP) is 1.08. The Bertz CT molecular complexity index is 167. The van der Waals surface area contributed by atoms with Crippen LogP contribution in [0.4, 0.5) is 0 Å². The minimum atomic E-state index is -0.246. The first kappa shape index (κ1) is 12.9. The Morgan fingerprint density at radius 1 is 1.33 bits per heavy atom. The molecule has 1 unspecified atom stereocenters. The molecule has 0 heterocycles. The van der Waals surface area contributed by atoms with Gasteiger partial charge in [0.25, 0.3) is 0 Å². The van der Waals surface area contributed by atoms with E-state index in [0.29, 0.717) is 6.04 Å². The van der Waals surface area contributed by atoms with E-state index >= 15 is 0 Å². The van der Waals surface area contributed by atoms with Crippen molar-refractivity contribution < 1.29 is 5.11 Å². The fourth-order valence-corrected chi connectivity index (χ4v) is 2.43. The van der Waals surface area contributed by atoms with Gasteiger partial charge in [-0.1, -0.05) is 12.8 Å². The smallest absolute Gasteiger partial charge is 0.0791 e. The second-order valence-corrected chi connectivity index (χ2v) is 5.16. The van der Waals surface area contributed by atoms with Crippen molar-refractivity contribution in [2.24, 2.45) is 5.92 Å². The molecule has 0 aromatic carbocycles. The summed E-state index contributed by atoms with van der Waals surface area (Å²) in [6.07, 6.45) is 5.24. The van der Waals surface area contributed by atoms with E-state index in [1.165, 1.54) is 25.7 Å². The van der Waals surface area contributed by atoms with Gasteiger partial charge in [0.15, 0.2) is 0 Å². The Morgan fingerprint density at radius 3 is 2.47 bits per heavy atom. The van der Waals surface area contributed by atoms with E-state index in [0.717, 1.165) is 19.0 Å². The van der Waals surface area contributed by atoms with E-state index in [4.69, 9.17) is 0 Å². The molecule has 1 aliphatic rings. The summed E-state index contributed by atoms with van der Waals surface area (Å²) < 4.78 is 0. The van der Waals surface area contributed by atoms with Gasteiger partial charge in [0, 0.05) is 19.1 Å². The SMILES string of the molecule is C[C@H](NCC(O)CN(C)C)C1CCCC1. The molecule has 3 heteroatoms. The van der Waals surface area contributed by atoms with Gasteiger partial charge in [0.05, 0.1) is 6.10 Å². The summed E-state index contributed by atoms with van der Waals surface area (Å²) in [6.45, 7) is 3.71. The largest absolute Gasteiger partial charge is 0.390 e. The van der Waals surface area contributed by atoms with Gasteiger partial charge in [0.2, 0.25) is 0 Å². The lowest BCUT2D eigenvalue weighted by atomic mass is 10.00. The zero-order valence-corrected chi connectivity index (χ0v) is 10.4. The van der Waals surface area contributed by atoms with Crippen LogP contribution in [0.1, 0.15) is 32.6 Å². The zero-order chi connectivity index (χ0) is 11.3. The summed E-state index contributed by atoms with van der Waals surface area (Å²) in [5.41, 5.74) is 0. The van der Waals surface area contributed by atoms with E-state index in [-0.39, 0.29) is 6.10 Å². The van der Waals surface area contributed by atoms with Crippen molar-refractivity contribution in [2.75, 3.05) is 27.2 Å². The highest BCUT2D eigenvalue weighted by atomic mass is 16.3. The Hall–Kier alpha value is -0.120. The molecule has 1 aliphatic carbocycles. The molecule has 0 saturated heterocycles. The van der Waals surface area contributed by atoms with Crippen LogP contribution in [0.3, 0.4) is 0 Å². The summed E-state index contributed by atoms with van der Waals surface area (Å²) in [4.78, 5) is 2.02. The molecule has 1 rings (SSSR count). The Morgan fingerprint density at radius 2 is 1.93 bits per heavy atom. The normalized spacial score (nSPS) is 22.2. The van der Waals surface area contributed by atoms with Crippen LogP contribution < -0.4 is 5.32 Å². The van der Waals surface area contributed by atoms with Crippen LogP contribution in [0.2, 0.25) is 0 Å². The van der Waals surface area contributed by atoms with Gasteiger partial charge in [0.1, 0.15) is 0 Å². The predicted molar refractivity (Wildman–Crippen MR) is 64.0 cm³/mol.